The molecular weight excluding hydrogens is 212 g/mol. The molecule has 1 aliphatic rings. The molecule has 0 aliphatic carbocycles. The summed E-state index contributed by atoms with van der Waals surface area (Å²) in [5, 5.41) is 4.70. The molecule has 0 amide bonds. The lowest BCUT2D eigenvalue weighted by Gasteiger charge is -2.21. The minimum atomic E-state index is 0.493. The van der Waals surface area contributed by atoms with E-state index < -0.39 is 0 Å². The summed E-state index contributed by atoms with van der Waals surface area (Å²) < 4.78 is 2.07. The highest BCUT2D eigenvalue weighted by Crippen LogP contribution is 2.30. The number of nitrogens with zero attached hydrogens (tertiary/aromatic N) is 3. The van der Waals surface area contributed by atoms with Crippen LogP contribution in [0.1, 0.15) is 38.4 Å². The summed E-state index contributed by atoms with van der Waals surface area (Å²) in [6.45, 7) is 8.34. The van der Waals surface area contributed by atoms with Crippen molar-refractivity contribution >= 4 is 0 Å². The molecule has 1 aliphatic heterocycles. The zero-order chi connectivity index (χ0) is 12.3. The Balaban J connectivity index is 2.03. The van der Waals surface area contributed by atoms with Crippen molar-refractivity contribution in [3.05, 3.63) is 18.0 Å². The second kappa shape index (κ2) is 5.65. The largest absolute Gasteiger partial charge is 0.329 e. The van der Waals surface area contributed by atoms with E-state index in [1.54, 1.807) is 0 Å². The molecule has 1 aromatic heterocycles. The molecule has 0 saturated carbocycles. The molecule has 1 atom stereocenters. The summed E-state index contributed by atoms with van der Waals surface area (Å²) >= 11 is 0. The predicted octanol–water partition coefficient (Wildman–Crippen LogP) is 1.63. The van der Waals surface area contributed by atoms with Crippen LogP contribution in [0.3, 0.4) is 0 Å². The number of hydrogen-bond donors (Lipinski definition) is 1. The van der Waals surface area contributed by atoms with Gasteiger partial charge in [0.1, 0.15) is 0 Å². The van der Waals surface area contributed by atoms with Crippen LogP contribution in [0.2, 0.25) is 0 Å². The molecule has 1 fully saturated rings. The van der Waals surface area contributed by atoms with E-state index in [0.29, 0.717) is 12.0 Å². The average molecular weight is 236 g/mol. The standard InChI is InChI=1S/C13H24N4/c1-11(2)10-17-8-5-12(15-17)13-4-3-7-16(13)9-6-14/h5,8,11,13H,3-4,6-7,9-10,14H2,1-2H3. The maximum Gasteiger partial charge on any atom is 0.0796 e. The molecule has 1 saturated heterocycles. The first-order valence-corrected chi connectivity index (χ1v) is 6.68. The van der Waals surface area contributed by atoms with Gasteiger partial charge >= 0.3 is 0 Å². The Labute approximate surface area is 104 Å². The highest BCUT2D eigenvalue weighted by atomic mass is 15.3. The Kier molecular flexibility index (Phi) is 4.18. The maximum absolute atomic E-state index is 5.65. The van der Waals surface area contributed by atoms with Gasteiger partial charge in [0, 0.05) is 25.8 Å². The first-order chi connectivity index (χ1) is 8.20. The molecule has 2 N–H and O–H groups in total. The Bertz CT molecular complexity index is 345. The van der Waals surface area contributed by atoms with Crippen LogP contribution >= 0.6 is 0 Å². The van der Waals surface area contributed by atoms with Crippen LogP contribution in [0.4, 0.5) is 0 Å². The summed E-state index contributed by atoms with van der Waals surface area (Å²) in [5.74, 6) is 0.645. The Morgan fingerprint density at radius 1 is 1.53 bits per heavy atom. The van der Waals surface area contributed by atoms with Gasteiger partial charge < -0.3 is 5.73 Å². The summed E-state index contributed by atoms with van der Waals surface area (Å²) in [7, 11) is 0. The Morgan fingerprint density at radius 2 is 2.35 bits per heavy atom. The molecule has 17 heavy (non-hydrogen) atoms. The smallest absolute Gasteiger partial charge is 0.0796 e. The number of aromatic nitrogens is 2. The van der Waals surface area contributed by atoms with Gasteiger partial charge in [-0.25, -0.2) is 0 Å². The lowest BCUT2D eigenvalue weighted by atomic mass is 10.1. The van der Waals surface area contributed by atoms with Gasteiger partial charge in [-0.1, -0.05) is 13.8 Å². The number of nitrogens with two attached hydrogens (primary N) is 1. The zero-order valence-electron chi connectivity index (χ0n) is 11.0. The molecule has 0 aromatic carbocycles. The predicted molar refractivity (Wildman–Crippen MR) is 69.7 cm³/mol. The highest BCUT2D eigenvalue weighted by molar-refractivity contribution is 5.08. The first-order valence-electron chi connectivity index (χ1n) is 6.68. The van der Waals surface area contributed by atoms with Gasteiger partial charge in [-0.15, -0.1) is 0 Å². The minimum absolute atomic E-state index is 0.493. The quantitative estimate of drug-likeness (QED) is 0.845. The second-order valence-corrected chi connectivity index (χ2v) is 5.34. The Hall–Kier alpha value is -0.870. The molecule has 4 nitrogen and oxygen atoms in total. The normalized spacial score (nSPS) is 21.5. The van der Waals surface area contributed by atoms with Crippen molar-refractivity contribution < 1.29 is 0 Å². The van der Waals surface area contributed by atoms with Crippen LogP contribution in [0, 0.1) is 5.92 Å². The topological polar surface area (TPSA) is 47.1 Å². The summed E-state index contributed by atoms with van der Waals surface area (Å²) in [6.07, 6.45) is 4.59. The van der Waals surface area contributed by atoms with Crippen LogP contribution in [0.5, 0.6) is 0 Å². The molecule has 96 valence electrons. The molecular formula is C13H24N4. The van der Waals surface area contributed by atoms with E-state index in [1.807, 2.05) is 0 Å². The van der Waals surface area contributed by atoms with Crippen molar-refractivity contribution in [1.29, 1.82) is 0 Å². The number of likely N-dealkylation sites (tertiary alicyclic amines) is 1. The summed E-state index contributed by atoms with van der Waals surface area (Å²) in [5.41, 5.74) is 6.87. The minimum Gasteiger partial charge on any atom is -0.329 e. The van der Waals surface area contributed by atoms with E-state index in [-0.39, 0.29) is 0 Å². The van der Waals surface area contributed by atoms with Gasteiger partial charge in [-0.2, -0.15) is 5.10 Å². The van der Waals surface area contributed by atoms with E-state index in [2.05, 4.69) is 35.7 Å². The molecule has 2 rings (SSSR count). The van der Waals surface area contributed by atoms with Gasteiger partial charge in [-0.3, -0.25) is 9.58 Å². The monoisotopic (exact) mass is 236 g/mol. The summed E-state index contributed by atoms with van der Waals surface area (Å²) in [6, 6.07) is 2.66. The van der Waals surface area contributed by atoms with Gasteiger partial charge in [0.15, 0.2) is 0 Å². The molecule has 1 unspecified atom stereocenters. The zero-order valence-corrected chi connectivity index (χ0v) is 11.0. The SMILES string of the molecule is CC(C)Cn1ccc(C2CCCN2CCN)n1. The van der Waals surface area contributed by atoms with Crippen molar-refractivity contribution in [3.8, 4) is 0 Å². The summed E-state index contributed by atoms with van der Waals surface area (Å²) in [4.78, 5) is 2.46. The third-order valence-corrected chi connectivity index (χ3v) is 3.33. The average Bonchev–Trinajstić information content (AvgIpc) is 2.86. The fourth-order valence-electron chi connectivity index (χ4n) is 2.63. The lowest BCUT2D eigenvalue weighted by Crippen LogP contribution is -2.29. The van der Waals surface area contributed by atoms with Crippen LogP contribution in [-0.4, -0.2) is 34.3 Å². The van der Waals surface area contributed by atoms with Crippen LogP contribution in [-0.2, 0) is 6.54 Å². The van der Waals surface area contributed by atoms with Crippen LogP contribution in [0.25, 0.3) is 0 Å². The van der Waals surface area contributed by atoms with Crippen molar-refractivity contribution in [2.45, 2.75) is 39.3 Å². The van der Waals surface area contributed by atoms with Crippen molar-refractivity contribution in [2.24, 2.45) is 11.7 Å². The lowest BCUT2D eigenvalue weighted by molar-refractivity contribution is 0.258. The first kappa shape index (κ1) is 12.6. The molecule has 0 radical (unpaired) electrons. The van der Waals surface area contributed by atoms with E-state index in [0.717, 1.165) is 19.6 Å². The third kappa shape index (κ3) is 3.07. The molecule has 2 heterocycles. The molecule has 0 bridgehead atoms. The highest BCUT2D eigenvalue weighted by Gasteiger charge is 2.26. The van der Waals surface area contributed by atoms with E-state index in [4.69, 9.17) is 10.8 Å². The third-order valence-electron chi connectivity index (χ3n) is 3.33. The van der Waals surface area contributed by atoms with E-state index in [9.17, 15) is 0 Å². The fourth-order valence-corrected chi connectivity index (χ4v) is 2.63. The van der Waals surface area contributed by atoms with E-state index >= 15 is 0 Å². The van der Waals surface area contributed by atoms with Gasteiger partial charge in [-0.05, 0) is 31.4 Å². The Morgan fingerprint density at radius 3 is 3.06 bits per heavy atom. The van der Waals surface area contributed by atoms with Crippen LogP contribution < -0.4 is 5.73 Å². The molecule has 1 aromatic rings. The molecule has 0 spiro atoms. The number of hydrogen-bond acceptors (Lipinski definition) is 3. The van der Waals surface area contributed by atoms with Gasteiger partial charge in [0.25, 0.3) is 0 Å². The van der Waals surface area contributed by atoms with Crippen molar-refractivity contribution in [3.63, 3.8) is 0 Å². The van der Waals surface area contributed by atoms with Gasteiger partial charge in [0.05, 0.1) is 11.7 Å². The van der Waals surface area contributed by atoms with Crippen LogP contribution in [0.15, 0.2) is 12.3 Å². The fraction of sp³-hybridized carbons (Fsp3) is 0.769. The second-order valence-electron chi connectivity index (χ2n) is 5.34. The maximum atomic E-state index is 5.65. The van der Waals surface area contributed by atoms with Gasteiger partial charge in [0.2, 0.25) is 0 Å². The molecule has 4 heteroatoms. The van der Waals surface area contributed by atoms with Crippen molar-refractivity contribution in [1.82, 2.24) is 14.7 Å². The number of rotatable bonds is 5. The van der Waals surface area contributed by atoms with E-state index in [1.165, 1.54) is 25.1 Å². The van der Waals surface area contributed by atoms with Crippen molar-refractivity contribution in [2.75, 3.05) is 19.6 Å².